The third kappa shape index (κ3) is 0.718. The van der Waals surface area contributed by atoms with Gasteiger partial charge in [-0.25, -0.2) is 0 Å². The summed E-state index contributed by atoms with van der Waals surface area (Å²) < 4.78 is 5.39. The van der Waals surface area contributed by atoms with Crippen LogP contribution in [0.4, 0.5) is 0 Å². The van der Waals surface area contributed by atoms with E-state index in [4.69, 9.17) is 4.42 Å². The monoisotopic (exact) mass is 176 g/mol. The Hall–Kier alpha value is -1.05. The Morgan fingerprint density at radius 3 is 3.08 bits per heavy atom. The maximum Gasteiger partial charge on any atom is 0.147 e. The smallest absolute Gasteiger partial charge is 0.147 e. The molecule has 2 saturated carbocycles. The van der Waals surface area contributed by atoms with E-state index in [0.29, 0.717) is 11.7 Å². The van der Waals surface area contributed by atoms with Crippen LogP contribution in [0, 0.1) is 5.92 Å². The molecule has 1 heterocycles. The Morgan fingerprint density at radius 1 is 1.54 bits per heavy atom. The van der Waals surface area contributed by atoms with Crippen molar-refractivity contribution in [2.45, 2.75) is 31.1 Å². The molecule has 2 atom stereocenters. The molecule has 2 heteroatoms. The molecule has 3 rings (SSSR count). The average Bonchev–Trinajstić information content (AvgIpc) is 2.70. The lowest BCUT2D eigenvalue weighted by atomic mass is 9.59. The molecule has 0 aliphatic heterocycles. The molecule has 2 nitrogen and oxygen atoms in total. The summed E-state index contributed by atoms with van der Waals surface area (Å²) >= 11 is 0. The second kappa shape index (κ2) is 2.25. The number of carbonyl (C=O) groups is 1. The number of Topliss-reactive ketones (excluding diaryl/α,β-unsaturated/α-hetero) is 1. The zero-order valence-corrected chi connectivity index (χ0v) is 7.45. The fourth-order valence-corrected chi connectivity index (χ4v) is 2.99. The molecule has 2 fully saturated rings. The van der Waals surface area contributed by atoms with Crippen LogP contribution in [-0.2, 0) is 10.2 Å². The molecule has 0 bridgehead atoms. The summed E-state index contributed by atoms with van der Waals surface area (Å²) in [6.07, 6.45) is 5.83. The molecule has 0 aromatic carbocycles. The van der Waals surface area contributed by atoms with Crippen molar-refractivity contribution >= 4 is 5.78 Å². The van der Waals surface area contributed by atoms with E-state index in [-0.39, 0.29) is 5.41 Å². The normalized spacial score (nSPS) is 37.2. The van der Waals surface area contributed by atoms with E-state index in [1.807, 2.05) is 12.1 Å². The van der Waals surface area contributed by atoms with Crippen molar-refractivity contribution in [3.63, 3.8) is 0 Å². The van der Waals surface area contributed by atoms with E-state index >= 15 is 0 Å². The zero-order chi connectivity index (χ0) is 8.89. The maximum absolute atomic E-state index is 11.7. The van der Waals surface area contributed by atoms with E-state index in [1.165, 1.54) is 12.8 Å². The van der Waals surface area contributed by atoms with Gasteiger partial charge in [0, 0.05) is 6.42 Å². The lowest BCUT2D eigenvalue weighted by molar-refractivity contribution is -0.136. The molecule has 2 unspecified atom stereocenters. The number of rotatable bonds is 1. The van der Waals surface area contributed by atoms with Gasteiger partial charge < -0.3 is 4.42 Å². The highest BCUT2D eigenvalue weighted by Gasteiger charge is 2.59. The van der Waals surface area contributed by atoms with Crippen molar-refractivity contribution in [3.05, 3.63) is 24.2 Å². The molecule has 2 aliphatic carbocycles. The Morgan fingerprint density at radius 2 is 2.46 bits per heavy atom. The van der Waals surface area contributed by atoms with E-state index in [9.17, 15) is 4.79 Å². The summed E-state index contributed by atoms with van der Waals surface area (Å²) in [4.78, 5) is 11.7. The van der Waals surface area contributed by atoms with E-state index < -0.39 is 0 Å². The first-order chi connectivity index (χ1) is 6.34. The van der Waals surface area contributed by atoms with E-state index in [1.54, 1.807) is 6.26 Å². The fourth-order valence-electron chi connectivity index (χ4n) is 2.99. The van der Waals surface area contributed by atoms with Crippen molar-refractivity contribution in [3.8, 4) is 0 Å². The van der Waals surface area contributed by atoms with Gasteiger partial charge in [0.15, 0.2) is 0 Å². The Labute approximate surface area is 76.9 Å². The quantitative estimate of drug-likeness (QED) is 0.657. The number of ketones is 1. The number of hydrogen-bond donors (Lipinski definition) is 0. The van der Waals surface area contributed by atoms with Crippen LogP contribution in [0.3, 0.4) is 0 Å². The van der Waals surface area contributed by atoms with Crippen LogP contribution in [0.1, 0.15) is 31.4 Å². The predicted molar refractivity (Wildman–Crippen MR) is 47.4 cm³/mol. The molecule has 1 aromatic rings. The molecule has 2 aliphatic rings. The molecule has 68 valence electrons. The first-order valence-corrected chi connectivity index (χ1v) is 4.91. The summed E-state index contributed by atoms with van der Waals surface area (Å²) in [6.45, 7) is 0. The van der Waals surface area contributed by atoms with Gasteiger partial charge in [0.1, 0.15) is 11.5 Å². The number of carbonyl (C=O) groups excluding carboxylic acids is 1. The number of hydrogen-bond acceptors (Lipinski definition) is 2. The van der Waals surface area contributed by atoms with Gasteiger partial charge in [-0.1, -0.05) is 6.42 Å². The fraction of sp³-hybridized carbons (Fsp3) is 0.545. The third-order valence-electron chi connectivity index (χ3n) is 3.71. The largest absolute Gasteiger partial charge is 0.468 e. The molecule has 0 radical (unpaired) electrons. The SMILES string of the molecule is O=C1CC2CCCC12c1ccco1. The summed E-state index contributed by atoms with van der Waals surface area (Å²) in [6, 6.07) is 3.83. The van der Waals surface area contributed by atoms with Gasteiger partial charge >= 0.3 is 0 Å². The predicted octanol–water partition coefficient (Wildman–Crippen LogP) is 2.29. The summed E-state index contributed by atoms with van der Waals surface area (Å²) in [5.74, 6) is 1.88. The van der Waals surface area contributed by atoms with Crippen molar-refractivity contribution < 1.29 is 9.21 Å². The maximum atomic E-state index is 11.7. The van der Waals surface area contributed by atoms with Crippen molar-refractivity contribution in [2.24, 2.45) is 5.92 Å². The van der Waals surface area contributed by atoms with Crippen molar-refractivity contribution in [1.82, 2.24) is 0 Å². The second-order valence-electron chi connectivity index (χ2n) is 4.17. The first kappa shape index (κ1) is 7.36. The molecular weight excluding hydrogens is 164 g/mol. The number of furan rings is 1. The van der Waals surface area contributed by atoms with Crippen LogP contribution in [0.2, 0.25) is 0 Å². The Balaban J connectivity index is 2.08. The summed E-state index contributed by atoms with van der Waals surface area (Å²) in [7, 11) is 0. The molecule has 1 aromatic heterocycles. The topological polar surface area (TPSA) is 30.2 Å². The Bertz CT molecular complexity index is 339. The van der Waals surface area contributed by atoms with Gasteiger partial charge in [-0.05, 0) is 30.9 Å². The third-order valence-corrected chi connectivity index (χ3v) is 3.71. The molecule has 0 spiro atoms. The van der Waals surface area contributed by atoms with Gasteiger partial charge in [-0.2, -0.15) is 0 Å². The van der Waals surface area contributed by atoms with Gasteiger partial charge in [0.2, 0.25) is 0 Å². The van der Waals surface area contributed by atoms with Crippen LogP contribution in [-0.4, -0.2) is 5.78 Å². The van der Waals surface area contributed by atoms with E-state index in [2.05, 4.69) is 0 Å². The molecular formula is C11H12O2. The van der Waals surface area contributed by atoms with Gasteiger partial charge in [0.05, 0.1) is 11.7 Å². The van der Waals surface area contributed by atoms with Crippen molar-refractivity contribution in [1.29, 1.82) is 0 Å². The second-order valence-corrected chi connectivity index (χ2v) is 4.17. The highest BCUT2D eigenvalue weighted by atomic mass is 16.3. The van der Waals surface area contributed by atoms with Crippen LogP contribution in [0.5, 0.6) is 0 Å². The first-order valence-electron chi connectivity index (χ1n) is 4.91. The highest BCUT2D eigenvalue weighted by Crippen LogP contribution is 2.56. The number of fused-ring (bicyclic) bond motifs is 1. The summed E-state index contributed by atoms with van der Waals surface area (Å²) in [5, 5.41) is 0. The molecule has 0 saturated heterocycles. The van der Waals surface area contributed by atoms with Crippen LogP contribution < -0.4 is 0 Å². The van der Waals surface area contributed by atoms with Crippen LogP contribution >= 0.6 is 0 Å². The minimum absolute atomic E-state index is 0.191. The summed E-state index contributed by atoms with van der Waals surface area (Å²) in [5.41, 5.74) is -0.191. The molecule has 0 N–H and O–H groups in total. The molecule has 0 amide bonds. The minimum Gasteiger partial charge on any atom is -0.468 e. The van der Waals surface area contributed by atoms with Gasteiger partial charge in [-0.3, -0.25) is 4.79 Å². The van der Waals surface area contributed by atoms with Gasteiger partial charge in [-0.15, -0.1) is 0 Å². The average molecular weight is 176 g/mol. The lowest BCUT2D eigenvalue weighted by Gasteiger charge is -2.41. The Kier molecular flexibility index (Phi) is 1.27. The zero-order valence-electron chi connectivity index (χ0n) is 7.45. The molecule has 13 heavy (non-hydrogen) atoms. The minimum atomic E-state index is -0.191. The van der Waals surface area contributed by atoms with E-state index in [0.717, 1.165) is 18.6 Å². The van der Waals surface area contributed by atoms with Gasteiger partial charge in [0.25, 0.3) is 0 Å². The van der Waals surface area contributed by atoms with Crippen LogP contribution in [0.15, 0.2) is 22.8 Å². The standard InChI is InChI=1S/C11H12O2/c12-9-7-8-3-1-5-11(8,9)10-4-2-6-13-10/h2,4,6,8H,1,3,5,7H2. The highest BCUT2D eigenvalue weighted by molar-refractivity contribution is 5.96. The lowest BCUT2D eigenvalue weighted by Crippen LogP contribution is -2.49. The van der Waals surface area contributed by atoms with Crippen molar-refractivity contribution in [2.75, 3.05) is 0 Å². The van der Waals surface area contributed by atoms with Crippen LogP contribution in [0.25, 0.3) is 0 Å².